The van der Waals surface area contributed by atoms with Gasteiger partial charge in [0.2, 0.25) is 13.4 Å². The molecule has 0 unspecified atom stereocenters. The Bertz CT molecular complexity index is 2130. The Morgan fingerprint density at radius 2 is 0.810 bits per heavy atom. The molecule has 192 valence electrons. The second-order valence-corrected chi connectivity index (χ2v) is 15.8. The fraction of sp³-hybridized carbons (Fsp3) is 0. The van der Waals surface area contributed by atoms with E-state index in [0.717, 1.165) is 0 Å². The molecule has 0 radical (unpaired) electrons. The van der Waals surface area contributed by atoms with E-state index in [1.165, 1.54) is 93.8 Å². The molecule has 11 rings (SSSR count). The van der Waals surface area contributed by atoms with Gasteiger partial charge < -0.3 is 0 Å². The fourth-order valence-electron chi connectivity index (χ4n) is 7.79. The third-order valence-corrected chi connectivity index (χ3v) is 14.2. The Labute approximate surface area is 261 Å². The minimum atomic E-state index is 0.262. The molecule has 42 heavy (non-hydrogen) atoms. The van der Waals surface area contributed by atoms with Gasteiger partial charge in [0.05, 0.1) is 0 Å². The van der Waals surface area contributed by atoms with E-state index in [-0.39, 0.29) is 13.4 Å². The first-order valence-corrected chi connectivity index (χ1v) is 17.6. The van der Waals surface area contributed by atoms with Crippen molar-refractivity contribution in [1.82, 2.24) is 0 Å². The topological polar surface area (TPSA) is 0 Å². The third-order valence-electron chi connectivity index (χ3n) is 9.45. The van der Waals surface area contributed by atoms with Crippen molar-refractivity contribution >= 4 is 116 Å². The molecule has 0 amide bonds. The highest BCUT2D eigenvalue weighted by Gasteiger charge is 2.43. The molecule has 1 aliphatic carbocycles. The third kappa shape index (κ3) is 2.90. The van der Waals surface area contributed by atoms with Crippen LogP contribution in [0.1, 0.15) is 11.1 Å². The molecule has 0 saturated carbocycles. The summed E-state index contributed by atoms with van der Waals surface area (Å²) >= 11 is 7.88. The molecular formula is C36H18B2S4. The first kappa shape index (κ1) is 23.3. The van der Waals surface area contributed by atoms with Gasteiger partial charge in [0.1, 0.15) is 0 Å². The first-order chi connectivity index (χ1) is 20.8. The van der Waals surface area contributed by atoms with E-state index in [9.17, 15) is 0 Å². The van der Waals surface area contributed by atoms with Crippen molar-refractivity contribution in [3.8, 4) is 0 Å². The predicted molar refractivity (Wildman–Crippen MR) is 184 cm³/mol. The summed E-state index contributed by atoms with van der Waals surface area (Å²) < 4.78 is 0. The minimum Gasteiger partial charge on any atom is -0.0911 e. The van der Waals surface area contributed by atoms with Crippen LogP contribution >= 0.6 is 47.0 Å². The average molecular weight is 600 g/mol. The van der Waals surface area contributed by atoms with E-state index >= 15 is 0 Å². The summed E-state index contributed by atoms with van der Waals surface area (Å²) in [6.45, 7) is 0.524. The molecule has 5 aliphatic rings. The highest BCUT2D eigenvalue weighted by atomic mass is 32.2. The second-order valence-electron chi connectivity index (χ2n) is 11.5. The van der Waals surface area contributed by atoms with Crippen molar-refractivity contribution in [2.24, 2.45) is 0 Å². The van der Waals surface area contributed by atoms with Crippen molar-refractivity contribution in [2.45, 2.75) is 39.2 Å². The van der Waals surface area contributed by atoms with Gasteiger partial charge in [0.25, 0.3) is 0 Å². The van der Waals surface area contributed by atoms with Crippen LogP contribution in [0.25, 0.3) is 22.9 Å². The molecule has 4 heterocycles. The van der Waals surface area contributed by atoms with Crippen LogP contribution in [0.15, 0.2) is 136 Å². The van der Waals surface area contributed by atoms with Crippen LogP contribution < -0.4 is 32.8 Å². The van der Waals surface area contributed by atoms with E-state index in [0.29, 0.717) is 0 Å². The Morgan fingerprint density at radius 3 is 1.31 bits per heavy atom. The van der Waals surface area contributed by atoms with Gasteiger partial charge in [-0.05, 0) is 63.8 Å². The summed E-state index contributed by atoms with van der Waals surface area (Å²) in [5.41, 5.74) is 11.6. The van der Waals surface area contributed by atoms with Crippen LogP contribution in [0.3, 0.4) is 0 Å². The van der Waals surface area contributed by atoms with Crippen molar-refractivity contribution < 1.29 is 0 Å². The summed E-state index contributed by atoms with van der Waals surface area (Å²) in [4.78, 5) is 11.3. The van der Waals surface area contributed by atoms with E-state index in [1.807, 2.05) is 47.0 Å². The molecule has 0 saturated heterocycles. The zero-order valence-corrected chi connectivity index (χ0v) is 25.4. The second kappa shape index (κ2) is 8.27. The number of hydrogen-bond acceptors (Lipinski definition) is 4. The van der Waals surface area contributed by atoms with Crippen LogP contribution in [-0.4, -0.2) is 13.4 Å². The summed E-state index contributed by atoms with van der Waals surface area (Å²) in [5.74, 6) is 0. The SMILES string of the molecule is C1=Cc2cc3c(c4c5c(cc1c24)B1c2ccccc2Sc2cccc(c21)S5)Sc1cccc2c1B3c1ccccc1S2. The number of rotatable bonds is 0. The molecular weight excluding hydrogens is 582 g/mol. The van der Waals surface area contributed by atoms with E-state index in [4.69, 9.17) is 0 Å². The first-order valence-electron chi connectivity index (χ1n) is 14.3. The smallest absolute Gasteiger partial charge is 0.0911 e. The van der Waals surface area contributed by atoms with E-state index in [2.05, 4.69) is 109 Å². The monoisotopic (exact) mass is 600 g/mol. The predicted octanol–water partition coefficient (Wildman–Crippen LogP) is 6.21. The zero-order chi connectivity index (χ0) is 27.1. The van der Waals surface area contributed by atoms with Crippen molar-refractivity contribution in [3.63, 3.8) is 0 Å². The van der Waals surface area contributed by atoms with Gasteiger partial charge in [-0.15, -0.1) is 0 Å². The normalized spacial score (nSPS) is 15.5. The average Bonchev–Trinajstić information content (AvgIpc) is 3.44. The molecule has 0 N–H and O–H groups in total. The van der Waals surface area contributed by atoms with Gasteiger partial charge >= 0.3 is 0 Å². The molecule has 0 atom stereocenters. The molecule has 6 aromatic rings. The molecule has 4 aliphatic heterocycles. The van der Waals surface area contributed by atoms with Gasteiger partial charge in [-0.2, -0.15) is 0 Å². The maximum absolute atomic E-state index is 2.52. The van der Waals surface area contributed by atoms with Crippen LogP contribution in [0.4, 0.5) is 0 Å². The lowest BCUT2D eigenvalue weighted by atomic mass is 9.35. The lowest BCUT2D eigenvalue weighted by Gasteiger charge is -2.36. The van der Waals surface area contributed by atoms with Gasteiger partial charge in [-0.3, -0.25) is 0 Å². The van der Waals surface area contributed by atoms with Gasteiger partial charge in [0.15, 0.2) is 0 Å². The van der Waals surface area contributed by atoms with Gasteiger partial charge in [-0.1, -0.05) is 142 Å². The molecule has 0 bridgehead atoms. The molecule has 6 heteroatoms. The molecule has 6 aromatic carbocycles. The molecule has 0 aromatic heterocycles. The van der Waals surface area contributed by atoms with Crippen molar-refractivity contribution in [2.75, 3.05) is 0 Å². The van der Waals surface area contributed by atoms with Gasteiger partial charge in [0, 0.05) is 44.6 Å². The Kier molecular flexibility index (Phi) is 4.59. The molecule has 0 fully saturated rings. The molecule has 0 spiro atoms. The van der Waals surface area contributed by atoms with E-state index < -0.39 is 0 Å². The number of benzene rings is 6. The van der Waals surface area contributed by atoms with Crippen LogP contribution in [0, 0.1) is 0 Å². The highest BCUT2D eigenvalue weighted by molar-refractivity contribution is 8.02. The molecule has 0 nitrogen and oxygen atoms in total. The minimum absolute atomic E-state index is 0.262. The summed E-state index contributed by atoms with van der Waals surface area (Å²) in [7, 11) is 0. The maximum atomic E-state index is 2.52. The Morgan fingerprint density at radius 1 is 0.381 bits per heavy atom. The van der Waals surface area contributed by atoms with Crippen LogP contribution in [-0.2, 0) is 0 Å². The van der Waals surface area contributed by atoms with Crippen LogP contribution in [0.5, 0.6) is 0 Å². The van der Waals surface area contributed by atoms with Crippen molar-refractivity contribution in [3.05, 3.63) is 108 Å². The number of fused-ring (bicyclic) bond motifs is 10. The van der Waals surface area contributed by atoms with Crippen LogP contribution in [0.2, 0.25) is 0 Å². The summed E-state index contributed by atoms with van der Waals surface area (Å²) in [5, 5.41) is 2.90. The van der Waals surface area contributed by atoms with E-state index in [1.54, 1.807) is 0 Å². The maximum Gasteiger partial charge on any atom is 0.247 e. The largest absolute Gasteiger partial charge is 0.247 e. The summed E-state index contributed by atoms with van der Waals surface area (Å²) in [6.07, 6.45) is 4.74. The van der Waals surface area contributed by atoms with Crippen molar-refractivity contribution in [1.29, 1.82) is 0 Å². The Hall–Kier alpha value is -3.15. The standard InChI is InChI=1S/C36H18B2S4/c1-3-9-25-21(7-1)37-23-17-19-15-16-20-18-24-36(32(31(19)20)35(23)41-29-13-5-11-27(39-25)33(29)37)42-30-14-6-12-28-34(30)38(24)22-8-2-4-10-26(22)40-28/h1-18H. The Balaban J connectivity index is 1.26. The lowest BCUT2D eigenvalue weighted by molar-refractivity contribution is 1.32. The quantitative estimate of drug-likeness (QED) is 0.190. The lowest BCUT2D eigenvalue weighted by Crippen LogP contribution is -2.59. The zero-order valence-electron chi connectivity index (χ0n) is 22.2. The fourth-order valence-corrected chi connectivity index (χ4v) is 12.9. The number of hydrogen-bond donors (Lipinski definition) is 0. The van der Waals surface area contributed by atoms with Gasteiger partial charge in [-0.25, -0.2) is 0 Å². The highest BCUT2D eigenvalue weighted by Crippen LogP contribution is 2.48. The summed E-state index contributed by atoms with van der Waals surface area (Å²) in [6, 6.07) is 37.0.